The molecule has 0 aromatic carbocycles. The van der Waals surface area contributed by atoms with Gasteiger partial charge in [0.25, 0.3) is 0 Å². The lowest BCUT2D eigenvalue weighted by atomic mass is 9.51. The molecule has 0 aromatic heterocycles. The zero-order valence-corrected chi connectivity index (χ0v) is 14.3. The lowest BCUT2D eigenvalue weighted by Gasteiger charge is -2.56. The molecule has 7 atom stereocenters. The van der Waals surface area contributed by atoms with Crippen LogP contribution in [-0.2, 0) is 4.74 Å². The van der Waals surface area contributed by atoms with Crippen molar-refractivity contribution < 1.29 is 9.84 Å². The summed E-state index contributed by atoms with van der Waals surface area (Å²) in [7, 11) is 0. The van der Waals surface area contributed by atoms with Crippen molar-refractivity contribution in [3.05, 3.63) is 0 Å². The number of rotatable bonds is 2. The second kappa shape index (κ2) is 6.09. The van der Waals surface area contributed by atoms with E-state index < -0.39 is 0 Å². The first-order valence-electron chi connectivity index (χ1n) is 10.1. The Bertz CT molecular complexity index is 387. The summed E-state index contributed by atoms with van der Waals surface area (Å²) in [6, 6.07) is 0. The lowest BCUT2D eigenvalue weighted by molar-refractivity contribution is -0.142. The van der Waals surface area contributed by atoms with E-state index in [1.165, 1.54) is 57.8 Å². The molecule has 1 heterocycles. The Balaban J connectivity index is 1.56. The number of hydrogen-bond donors (Lipinski definition) is 1. The van der Waals surface area contributed by atoms with Gasteiger partial charge in [-0.15, -0.1) is 0 Å². The van der Waals surface area contributed by atoms with Gasteiger partial charge in [0, 0.05) is 6.61 Å². The average Bonchev–Trinajstić information content (AvgIpc) is 2.99. The van der Waals surface area contributed by atoms with Crippen LogP contribution in [0.3, 0.4) is 0 Å². The fraction of sp³-hybridized carbons (Fsp3) is 1.00. The predicted octanol–water partition coefficient (Wildman–Crippen LogP) is 4.55. The van der Waals surface area contributed by atoms with E-state index in [1.54, 1.807) is 0 Å². The molecule has 2 heteroatoms. The number of aliphatic hydroxyl groups is 1. The smallest absolute Gasteiger partial charge is 0.0714 e. The molecule has 1 aliphatic heterocycles. The molecule has 4 fully saturated rings. The summed E-state index contributed by atoms with van der Waals surface area (Å²) in [4.78, 5) is 0. The first kappa shape index (κ1) is 15.4. The Hall–Kier alpha value is -0.0800. The third-order valence-electron chi connectivity index (χ3n) is 7.81. The van der Waals surface area contributed by atoms with E-state index in [9.17, 15) is 5.11 Å². The number of aliphatic hydroxyl groups excluding tert-OH is 1. The summed E-state index contributed by atoms with van der Waals surface area (Å²) in [5, 5.41) is 10.0. The van der Waals surface area contributed by atoms with Crippen LogP contribution < -0.4 is 0 Å². The Morgan fingerprint density at radius 1 is 1.00 bits per heavy atom. The first-order valence-corrected chi connectivity index (χ1v) is 10.1. The highest BCUT2D eigenvalue weighted by Gasteiger charge is 2.54. The fourth-order valence-electron chi connectivity index (χ4n) is 7.01. The standard InChI is InChI=1S/C20H34O2/c1-2-4-19-18-7-5-14-13-15(21)6-8-16(14)17(18)9-11-20(19)10-3-12-22-20/h14-19,21H,2-13H2,1H3/t14?,15-,16+,17?,18-,19?,20+/m1/s1. The maximum atomic E-state index is 10.0. The van der Waals surface area contributed by atoms with Crippen LogP contribution in [-0.4, -0.2) is 23.4 Å². The fourth-order valence-corrected chi connectivity index (χ4v) is 7.01. The summed E-state index contributed by atoms with van der Waals surface area (Å²) in [6.45, 7) is 3.37. The predicted molar refractivity (Wildman–Crippen MR) is 88.6 cm³/mol. The van der Waals surface area contributed by atoms with Crippen LogP contribution in [0.4, 0.5) is 0 Å². The van der Waals surface area contributed by atoms with Gasteiger partial charge in [0.15, 0.2) is 0 Å². The molecule has 0 amide bonds. The van der Waals surface area contributed by atoms with Gasteiger partial charge in [0.2, 0.25) is 0 Å². The maximum Gasteiger partial charge on any atom is 0.0714 e. The third kappa shape index (κ3) is 2.45. The van der Waals surface area contributed by atoms with E-state index >= 15 is 0 Å². The Kier molecular flexibility index (Phi) is 4.28. The average molecular weight is 306 g/mol. The van der Waals surface area contributed by atoms with Crippen molar-refractivity contribution >= 4 is 0 Å². The molecule has 0 bridgehead atoms. The molecule has 3 unspecified atom stereocenters. The first-order chi connectivity index (χ1) is 10.7. The minimum atomic E-state index is -0.00247. The van der Waals surface area contributed by atoms with Crippen LogP contribution in [0.2, 0.25) is 0 Å². The van der Waals surface area contributed by atoms with E-state index in [0.717, 1.165) is 49.0 Å². The number of fused-ring (bicyclic) bond motifs is 3. The molecule has 1 saturated heterocycles. The molecule has 126 valence electrons. The topological polar surface area (TPSA) is 29.5 Å². The van der Waals surface area contributed by atoms with Crippen LogP contribution in [0.25, 0.3) is 0 Å². The van der Waals surface area contributed by atoms with Gasteiger partial charge in [-0.3, -0.25) is 0 Å². The quantitative estimate of drug-likeness (QED) is 0.811. The van der Waals surface area contributed by atoms with Crippen LogP contribution >= 0.6 is 0 Å². The van der Waals surface area contributed by atoms with Crippen LogP contribution in [0.5, 0.6) is 0 Å². The highest BCUT2D eigenvalue weighted by Crippen LogP contribution is 2.58. The molecule has 3 saturated carbocycles. The van der Waals surface area contributed by atoms with Crippen molar-refractivity contribution in [2.75, 3.05) is 6.61 Å². The summed E-state index contributed by atoms with van der Waals surface area (Å²) >= 11 is 0. The van der Waals surface area contributed by atoms with Crippen molar-refractivity contribution in [2.24, 2.45) is 29.6 Å². The number of ether oxygens (including phenoxy) is 1. The van der Waals surface area contributed by atoms with Crippen molar-refractivity contribution in [3.63, 3.8) is 0 Å². The van der Waals surface area contributed by atoms with E-state index in [0.29, 0.717) is 0 Å². The van der Waals surface area contributed by atoms with Gasteiger partial charge in [-0.1, -0.05) is 13.3 Å². The van der Waals surface area contributed by atoms with E-state index in [2.05, 4.69) is 6.92 Å². The Labute approximate surface area is 136 Å². The summed E-state index contributed by atoms with van der Waals surface area (Å²) in [5.74, 6) is 4.43. The zero-order chi connectivity index (χ0) is 15.2. The van der Waals surface area contributed by atoms with E-state index in [4.69, 9.17) is 4.74 Å². The second-order valence-corrected chi connectivity index (χ2v) is 8.75. The molecule has 4 rings (SSSR count). The summed E-state index contributed by atoms with van der Waals surface area (Å²) < 4.78 is 6.41. The largest absolute Gasteiger partial charge is 0.393 e. The van der Waals surface area contributed by atoms with E-state index in [1.807, 2.05) is 0 Å². The number of hydrogen-bond acceptors (Lipinski definition) is 2. The highest BCUT2D eigenvalue weighted by atomic mass is 16.5. The Morgan fingerprint density at radius 2 is 1.86 bits per heavy atom. The SMILES string of the molecule is CCCC1[C@@H]2CCC3C[C@H](O)CC[C@@H]3C2CC[C@@]12CCCO2. The van der Waals surface area contributed by atoms with Crippen LogP contribution in [0, 0.1) is 29.6 Å². The third-order valence-corrected chi connectivity index (χ3v) is 7.81. The van der Waals surface area contributed by atoms with Crippen LogP contribution in [0.1, 0.15) is 77.6 Å². The highest BCUT2D eigenvalue weighted by molar-refractivity contribution is 5.04. The van der Waals surface area contributed by atoms with Gasteiger partial charge < -0.3 is 9.84 Å². The molecule has 1 spiro atoms. The van der Waals surface area contributed by atoms with Crippen molar-refractivity contribution in [1.29, 1.82) is 0 Å². The molecule has 2 nitrogen and oxygen atoms in total. The molecular weight excluding hydrogens is 272 g/mol. The second-order valence-electron chi connectivity index (χ2n) is 8.75. The summed E-state index contributed by atoms with van der Waals surface area (Å²) in [5.41, 5.74) is 0.262. The molecule has 0 radical (unpaired) electrons. The minimum Gasteiger partial charge on any atom is -0.393 e. The molecule has 3 aliphatic carbocycles. The summed E-state index contributed by atoms with van der Waals surface area (Å²) in [6.07, 6.45) is 14.3. The maximum absolute atomic E-state index is 10.0. The van der Waals surface area contributed by atoms with Gasteiger partial charge in [0.1, 0.15) is 0 Å². The van der Waals surface area contributed by atoms with Gasteiger partial charge >= 0.3 is 0 Å². The zero-order valence-electron chi connectivity index (χ0n) is 14.3. The molecule has 4 aliphatic rings. The van der Waals surface area contributed by atoms with Gasteiger partial charge in [-0.2, -0.15) is 0 Å². The monoisotopic (exact) mass is 306 g/mol. The molecule has 1 N–H and O–H groups in total. The normalized spacial score (nSPS) is 51.5. The van der Waals surface area contributed by atoms with Crippen molar-refractivity contribution in [1.82, 2.24) is 0 Å². The lowest BCUT2D eigenvalue weighted by Crippen LogP contribution is -2.53. The Morgan fingerprint density at radius 3 is 2.64 bits per heavy atom. The van der Waals surface area contributed by atoms with Gasteiger partial charge in [-0.25, -0.2) is 0 Å². The molecule has 22 heavy (non-hydrogen) atoms. The molecular formula is C20H34O2. The van der Waals surface area contributed by atoms with Crippen LogP contribution in [0.15, 0.2) is 0 Å². The molecule has 0 aromatic rings. The van der Waals surface area contributed by atoms with Crippen molar-refractivity contribution in [2.45, 2.75) is 89.3 Å². The van der Waals surface area contributed by atoms with Gasteiger partial charge in [0.05, 0.1) is 11.7 Å². The van der Waals surface area contributed by atoms with Crippen molar-refractivity contribution in [3.8, 4) is 0 Å². The van der Waals surface area contributed by atoms with E-state index in [-0.39, 0.29) is 11.7 Å². The minimum absolute atomic E-state index is 0.00247. The van der Waals surface area contributed by atoms with Gasteiger partial charge in [-0.05, 0) is 93.8 Å².